The zero-order chi connectivity index (χ0) is 25.4. The van der Waals surface area contributed by atoms with Crippen LogP contribution in [0.2, 0.25) is 0 Å². The van der Waals surface area contributed by atoms with E-state index in [0.29, 0.717) is 5.56 Å². The molecule has 3 aromatic rings. The minimum absolute atomic E-state index is 0.0655. The summed E-state index contributed by atoms with van der Waals surface area (Å²) in [5.74, 6) is -1.11. The fraction of sp³-hybridized carbons (Fsp3) is 0.348. The molecule has 2 heterocycles. The summed E-state index contributed by atoms with van der Waals surface area (Å²) in [7, 11) is 2.56. The molecule has 6 N–H and O–H groups in total. The highest BCUT2D eigenvalue weighted by molar-refractivity contribution is 5.91. The summed E-state index contributed by atoms with van der Waals surface area (Å²) in [5.41, 5.74) is -0.289. The van der Waals surface area contributed by atoms with E-state index in [1.165, 1.54) is 38.5 Å². The van der Waals surface area contributed by atoms with Crippen molar-refractivity contribution in [3.8, 4) is 39.9 Å². The number of hydrogen-bond donors (Lipinski definition) is 6. The molecular weight excluding hydrogens is 468 g/mol. The molecule has 5 atom stereocenters. The van der Waals surface area contributed by atoms with Gasteiger partial charge in [-0.15, -0.1) is 0 Å². The van der Waals surface area contributed by atoms with Gasteiger partial charge in [0.05, 0.1) is 26.4 Å². The van der Waals surface area contributed by atoms with E-state index in [2.05, 4.69) is 0 Å². The van der Waals surface area contributed by atoms with Crippen molar-refractivity contribution >= 4 is 11.0 Å². The van der Waals surface area contributed by atoms with E-state index in [1.807, 2.05) is 0 Å². The smallest absolute Gasteiger partial charge is 0.229 e. The van der Waals surface area contributed by atoms with Crippen LogP contribution in [0.4, 0.5) is 0 Å². The molecule has 188 valence electrons. The maximum Gasteiger partial charge on any atom is 0.229 e. The lowest BCUT2D eigenvalue weighted by atomic mass is 9.99. The molecule has 35 heavy (non-hydrogen) atoms. The first kappa shape index (κ1) is 24.6. The standard InChI is InChI=1S/C23H24O12/c1-31-12-5-9(3-4-11(12)25)10-8-33-13-6-14(22(32-2)19(28)16(13)17(10)26)34-23-21(30)20(29)18(27)15(7-24)35-23/h3-6,8,15,18,20-21,23-25,27-30H,7H2,1-2H3/t15-,18-,20+,21-,23-/m0/s1. The highest BCUT2D eigenvalue weighted by Gasteiger charge is 2.45. The topological polar surface area (TPSA) is 189 Å². The molecule has 0 spiro atoms. The Morgan fingerprint density at radius 3 is 2.37 bits per heavy atom. The Hall–Kier alpha value is -3.55. The lowest BCUT2D eigenvalue weighted by molar-refractivity contribution is -0.277. The largest absolute Gasteiger partial charge is 0.504 e. The minimum Gasteiger partial charge on any atom is -0.504 e. The number of aromatic hydroxyl groups is 2. The maximum absolute atomic E-state index is 13.2. The molecule has 0 saturated carbocycles. The molecule has 2 aromatic carbocycles. The van der Waals surface area contributed by atoms with Crippen molar-refractivity contribution in [1.29, 1.82) is 0 Å². The van der Waals surface area contributed by atoms with Crippen molar-refractivity contribution in [2.45, 2.75) is 30.7 Å². The lowest BCUT2D eigenvalue weighted by Gasteiger charge is -2.39. The maximum atomic E-state index is 13.2. The van der Waals surface area contributed by atoms with Gasteiger partial charge in [0.25, 0.3) is 0 Å². The summed E-state index contributed by atoms with van der Waals surface area (Å²) in [6.45, 7) is -0.662. The molecule has 0 aliphatic carbocycles. The number of fused-ring (bicyclic) bond motifs is 1. The highest BCUT2D eigenvalue weighted by Crippen LogP contribution is 2.43. The van der Waals surface area contributed by atoms with Gasteiger partial charge < -0.3 is 54.0 Å². The Bertz CT molecular complexity index is 1280. The van der Waals surface area contributed by atoms with E-state index in [1.54, 1.807) is 0 Å². The summed E-state index contributed by atoms with van der Waals surface area (Å²) < 4.78 is 26.8. The van der Waals surface area contributed by atoms with Gasteiger partial charge in [0.1, 0.15) is 41.6 Å². The second-order valence-corrected chi connectivity index (χ2v) is 7.81. The van der Waals surface area contributed by atoms with Crippen molar-refractivity contribution < 1.29 is 54.0 Å². The van der Waals surface area contributed by atoms with Crippen molar-refractivity contribution in [3.63, 3.8) is 0 Å². The zero-order valence-corrected chi connectivity index (χ0v) is 18.6. The van der Waals surface area contributed by atoms with E-state index < -0.39 is 48.5 Å². The van der Waals surface area contributed by atoms with E-state index in [9.17, 15) is 35.4 Å². The van der Waals surface area contributed by atoms with Crippen LogP contribution in [0.25, 0.3) is 22.1 Å². The Kier molecular flexibility index (Phi) is 6.74. The van der Waals surface area contributed by atoms with Crippen molar-refractivity contribution in [2.24, 2.45) is 0 Å². The Labute approximate surface area is 197 Å². The number of hydrogen-bond acceptors (Lipinski definition) is 12. The quantitative estimate of drug-likeness (QED) is 0.272. The molecule has 1 fully saturated rings. The molecule has 1 aliphatic heterocycles. The zero-order valence-electron chi connectivity index (χ0n) is 18.6. The average Bonchev–Trinajstić information content (AvgIpc) is 2.85. The molecular formula is C23H24O12. The predicted octanol–water partition coefficient (Wildman–Crippen LogP) is 0.0671. The van der Waals surface area contributed by atoms with E-state index in [0.717, 1.165) is 6.26 Å². The monoisotopic (exact) mass is 492 g/mol. The molecule has 4 rings (SSSR count). The third-order valence-corrected chi connectivity index (χ3v) is 5.75. The number of methoxy groups -OCH3 is 2. The number of rotatable bonds is 6. The summed E-state index contributed by atoms with van der Waals surface area (Å²) >= 11 is 0. The Balaban J connectivity index is 1.78. The van der Waals surface area contributed by atoms with Crippen molar-refractivity contribution in [1.82, 2.24) is 0 Å². The molecule has 1 aromatic heterocycles. The first-order valence-corrected chi connectivity index (χ1v) is 10.4. The lowest BCUT2D eigenvalue weighted by Crippen LogP contribution is -2.60. The minimum atomic E-state index is -1.71. The van der Waals surface area contributed by atoms with Gasteiger partial charge in [-0.3, -0.25) is 4.79 Å². The second kappa shape index (κ2) is 9.60. The normalized spacial score (nSPS) is 24.3. The third-order valence-electron chi connectivity index (χ3n) is 5.75. The second-order valence-electron chi connectivity index (χ2n) is 7.81. The SMILES string of the molecule is COc1cc(-c2coc3cc(O[C@H]4O[C@@H](CO)[C@H](O)[C@@H](O)[C@@H]4O)c(OC)c(O)c3c2=O)ccc1O. The summed E-state index contributed by atoms with van der Waals surface area (Å²) in [6.07, 6.45) is -6.62. The first-order chi connectivity index (χ1) is 16.7. The fourth-order valence-electron chi connectivity index (χ4n) is 3.85. The number of phenolic OH excluding ortho intramolecular Hbond substituents is 2. The van der Waals surface area contributed by atoms with Gasteiger partial charge in [0.2, 0.25) is 17.5 Å². The van der Waals surface area contributed by atoms with Crippen LogP contribution in [0.15, 0.2) is 39.7 Å². The van der Waals surface area contributed by atoms with Gasteiger partial charge in [-0.05, 0) is 17.7 Å². The highest BCUT2D eigenvalue weighted by atomic mass is 16.7. The van der Waals surface area contributed by atoms with Crippen LogP contribution in [0.1, 0.15) is 0 Å². The summed E-state index contributed by atoms with van der Waals surface area (Å²) in [5, 5.41) is 60.0. The van der Waals surface area contributed by atoms with Crippen LogP contribution in [0, 0.1) is 0 Å². The van der Waals surface area contributed by atoms with E-state index in [-0.39, 0.29) is 39.5 Å². The van der Waals surface area contributed by atoms with Gasteiger partial charge in [-0.1, -0.05) is 6.07 Å². The summed E-state index contributed by atoms with van der Waals surface area (Å²) in [4.78, 5) is 13.2. The van der Waals surface area contributed by atoms with E-state index in [4.69, 9.17) is 23.4 Å². The van der Waals surface area contributed by atoms with Gasteiger partial charge in [0, 0.05) is 6.07 Å². The van der Waals surface area contributed by atoms with Crippen LogP contribution >= 0.6 is 0 Å². The van der Waals surface area contributed by atoms with Crippen molar-refractivity contribution in [3.05, 3.63) is 40.8 Å². The average molecular weight is 492 g/mol. The number of aliphatic hydroxyl groups is 4. The van der Waals surface area contributed by atoms with Crippen molar-refractivity contribution in [2.75, 3.05) is 20.8 Å². The van der Waals surface area contributed by atoms with Crippen LogP contribution < -0.4 is 19.6 Å². The molecule has 0 unspecified atom stereocenters. The van der Waals surface area contributed by atoms with E-state index >= 15 is 0 Å². The molecule has 0 amide bonds. The summed E-state index contributed by atoms with van der Waals surface area (Å²) in [6, 6.07) is 5.46. The van der Waals surface area contributed by atoms with Gasteiger partial charge >= 0.3 is 0 Å². The van der Waals surface area contributed by atoms with Crippen LogP contribution in [-0.4, -0.2) is 82.2 Å². The number of aliphatic hydroxyl groups excluding tert-OH is 4. The Morgan fingerprint density at radius 1 is 0.971 bits per heavy atom. The molecule has 1 saturated heterocycles. The van der Waals surface area contributed by atoms with Gasteiger partial charge in [-0.2, -0.15) is 0 Å². The first-order valence-electron chi connectivity index (χ1n) is 10.4. The third kappa shape index (κ3) is 4.22. The number of phenols is 2. The van der Waals surface area contributed by atoms with Gasteiger partial charge in [-0.25, -0.2) is 0 Å². The van der Waals surface area contributed by atoms with Crippen LogP contribution in [0.5, 0.6) is 28.7 Å². The van der Waals surface area contributed by atoms with Crippen LogP contribution in [-0.2, 0) is 4.74 Å². The van der Waals surface area contributed by atoms with Gasteiger partial charge in [0.15, 0.2) is 23.0 Å². The molecule has 12 heteroatoms. The van der Waals surface area contributed by atoms with Crippen LogP contribution in [0.3, 0.4) is 0 Å². The molecule has 12 nitrogen and oxygen atoms in total. The molecule has 0 radical (unpaired) electrons. The predicted molar refractivity (Wildman–Crippen MR) is 119 cm³/mol. The number of benzene rings is 2. The fourth-order valence-corrected chi connectivity index (χ4v) is 3.85. The molecule has 0 bridgehead atoms. The number of ether oxygens (including phenoxy) is 4. The Morgan fingerprint density at radius 2 is 1.71 bits per heavy atom. The molecule has 1 aliphatic rings.